The third-order valence-electron chi connectivity index (χ3n) is 6.51. The summed E-state index contributed by atoms with van der Waals surface area (Å²) in [7, 11) is 2.09. The molecule has 2 aromatic rings. The second-order valence-corrected chi connectivity index (χ2v) is 11.2. The number of anilines is 1. The average Bonchev–Trinajstić information content (AvgIpc) is 3.28. The number of likely N-dealkylation sites (tertiary alicyclic amines) is 1. The van der Waals surface area contributed by atoms with Crippen molar-refractivity contribution < 1.29 is 19.1 Å². The number of hydrogen-bond donors (Lipinski definition) is 1. The van der Waals surface area contributed by atoms with Gasteiger partial charge in [0.25, 0.3) is 0 Å². The molecule has 1 unspecified atom stereocenters. The van der Waals surface area contributed by atoms with Crippen molar-refractivity contribution in [3.05, 3.63) is 52.9 Å². The van der Waals surface area contributed by atoms with Crippen LogP contribution in [0.3, 0.4) is 0 Å². The molecule has 4 rings (SSSR count). The van der Waals surface area contributed by atoms with Gasteiger partial charge >= 0.3 is 6.09 Å². The standard InChI is InChI=1S/C28H36ClN5O4/c1-28(2,3)38-27(36)34-12-5-7-20(17-34)23-10-9-19(15-30-23)13-26(35)32-25-14-24(22(29)16-31-25)37-18-21-8-6-11-33(21)4/h7,9-10,14-16,21H,5-6,8,11-13,17-18H2,1-4H3,(H,31,32,35). The van der Waals surface area contributed by atoms with E-state index in [0.717, 1.165) is 42.6 Å². The molecule has 0 saturated carbocycles. The van der Waals surface area contributed by atoms with E-state index >= 15 is 0 Å². The molecule has 0 spiro atoms. The molecule has 2 aromatic heterocycles. The van der Waals surface area contributed by atoms with Crippen LogP contribution in [0.25, 0.3) is 5.57 Å². The third-order valence-corrected chi connectivity index (χ3v) is 6.80. The first-order chi connectivity index (χ1) is 18.1. The second-order valence-electron chi connectivity index (χ2n) is 10.8. The fourth-order valence-electron chi connectivity index (χ4n) is 4.48. The highest BCUT2D eigenvalue weighted by Crippen LogP contribution is 2.27. The number of carbonyl (C=O) groups excluding carboxylic acids is 2. The smallest absolute Gasteiger partial charge is 0.410 e. The maximum absolute atomic E-state index is 12.7. The van der Waals surface area contributed by atoms with Crippen molar-refractivity contribution in [2.45, 2.75) is 58.1 Å². The van der Waals surface area contributed by atoms with Crippen molar-refractivity contribution in [3.63, 3.8) is 0 Å². The first kappa shape index (κ1) is 27.9. The van der Waals surface area contributed by atoms with Crippen LogP contribution in [-0.2, 0) is 16.0 Å². The molecule has 9 nitrogen and oxygen atoms in total. The maximum atomic E-state index is 12.7. The van der Waals surface area contributed by atoms with Crippen LogP contribution >= 0.6 is 11.6 Å². The van der Waals surface area contributed by atoms with Gasteiger partial charge in [-0.05, 0) is 70.8 Å². The fraction of sp³-hybridized carbons (Fsp3) is 0.500. The lowest BCUT2D eigenvalue weighted by molar-refractivity contribution is -0.115. The van der Waals surface area contributed by atoms with Gasteiger partial charge < -0.3 is 24.6 Å². The van der Waals surface area contributed by atoms with Crippen LogP contribution in [0.4, 0.5) is 10.6 Å². The van der Waals surface area contributed by atoms with Gasteiger partial charge in [0.05, 0.1) is 24.9 Å². The monoisotopic (exact) mass is 541 g/mol. The van der Waals surface area contributed by atoms with Crippen molar-refractivity contribution in [1.29, 1.82) is 0 Å². The molecule has 2 aliphatic rings. The Hall–Kier alpha value is -3.17. The van der Waals surface area contributed by atoms with Crippen LogP contribution in [0.1, 0.15) is 51.3 Å². The minimum absolute atomic E-state index is 0.143. The molecule has 2 aliphatic heterocycles. The van der Waals surface area contributed by atoms with Gasteiger partial charge in [-0.15, -0.1) is 0 Å². The number of likely N-dealkylation sites (N-methyl/N-ethyl adjacent to an activating group) is 1. The third kappa shape index (κ3) is 7.68. The zero-order valence-corrected chi connectivity index (χ0v) is 23.3. The Morgan fingerprint density at radius 3 is 2.68 bits per heavy atom. The molecular weight excluding hydrogens is 506 g/mol. The zero-order chi connectivity index (χ0) is 27.3. The summed E-state index contributed by atoms with van der Waals surface area (Å²) in [4.78, 5) is 37.9. The number of aromatic nitrogens is 2. The molecule has 0 bridgehead atoms. The molecule has 1 atom stereocenters. The number of amides is 2. The first-order valence-corrected chi connectivity index (χ1v) is 13.4. The normalized spacial score (nSPS) is 18.2. The van der Waals surface area contributed by atoms with Gasteiger partial charge in [-0.2, -0.15) is 0 Å². The number of pyridine rings is 2. The minimum atomic E-state index is -0.540. The largest absolute Gasteiger partial charge is 0.490 e. The lowest BCUT2D eigenvalue weighted by Crippen LogP contribution is -2.39. The maximum Gasteiger partial charge on any atom is 0.410 e. The number of hydrogen-bond acceptors (Lipinski definition) is 7. The molecule has 1 saturated heterocycles. The highest BCUT2D eigenvalue weighted by Gasteiger charge is 2.25. The summed E-state index contributed by atoms with van der Waals surface area (Å²) >= 11 is 6.26. The van der Waals surface area contributed by atoms with Crippen LogP contribution < -0.4 is 10.1 Å². The quantitative estimate of drug-likeness (QED) is 0.537. The van der Waals surface area contributed by atoms with E-state index in [0.29, 0.717) is 42.3 Å². The Kier molecular flexibility index (Phi) is 8.89. The van der Waals surface area contributed by atoms with Gasteiger partial charge in [0.15, 0.2) is 0 Å². The highest BCUT2D eigenvalue weighted by atomic mass is 35.5. The topological polar surface area (TPSA) is 96.9 Å². The van der Waals surface area contributed by atoms with Gasteiger partial charge in [-0.1, -0.05) is 23.7 Å². The number of halogens is 1. The van der Waals surface area contributed by atoms with Gasteiger partial charge in [-0.3, -0.25) is 9.78 Å². The van der Waals surface area contributed by atoms with E-state index < -0.39 is 5.60 Å². The van der Waals surface area contributed by atoms with Gasteiger partial charge in [-0.25, -0.2) is 9.78 Å². The number of ether oxygens (including phenoxy) is 2. The Labute approximate surface area is 229 Å². The van der Waals surface area contributed by atoms with E-state index in [2.05, 4.69) is 33.3 Å². The molecule has 38 heavy (non-hydrogen) atoms. The van der Waals surface area contributed by atoms with Crippen LogP contribution in [0.2, 0.25) is 5.02 Å². The predicted octanol–water partition coefficient (Wildman–Crippen LogP) is 4.81. The highest BCUT2D eigenvalue weighted by molar-refractivity contribution is 6.32. The SMILES string of the molecule is CN1CCCC1COc1cc(NC(=O)Cc2ccc(C3=CCCN(C(=O)OC(C)(C)C)C3)nc2)ncc1Cl. The Morgan fingerprint density at radius 1 is 1.18 bits per heavy atom. The summed E-state index contributed by atoms with van der Waals surface area (Å²) in [5.41, 5.74) is 1.96. The number of carbonyl (C=O) groups is 2. The minimum Gasteiger partial charge on any atom is -0.490 e. The molecule has 10 heteroatoms. The van der Waals surface area contributed by atoms with E-state index in [1.165, 1.54) is 6.20 Å². The Bertz CT molecular complexity index is 1180. The molecule has 0 radical (unpaired) electrons. The zero-order valence-electron chi connectivity index (χ0n) is 22.5. The molecule has 2 amide bonds. The molecule has 1 N–H and O–H groups in total. The second kappa shape index (κ2) is 12.1. The summed E-state index contributed by atoms with van der Waals surface area (Å²) in [5, 5.41) is 3.22. The molecule has 1 fully saturated rings. The van der Waals surface area contributed by atoms with Crippen LogP contribution in [-0.4, -0.2) is 76.7 Å². The average molecular weight is 542 g/mol. The lowest BCUT2D eigenvalue weighted by Gasteiger charge is -2.30. The van der Waals surface area contributed by atoms with Crippen LogP contribution in [0, 0.1) is 0 Å². The van der Waals surface area contributed by atoms with Crippen molar-refractivity contribution in [2.24, 2.45) is 0 Å². The van der Waals surface area contributed by atoms with E-state index in [1.807, 2.05) is 32.9 Å². The van der Waals surface area contributed by atoms with Gasteiger partial charge in [0, 0.05) is 24.8 Å². The van der Waals surface area contributed by atoms with E-state index in [1.54, 1.807) is 17.2 Å². The Morgan fingerprint density at radius 2 is 2.00 bits per heavy atom. The van der Waals surface area contributed by atoms with Gasteiger partial charge in [0.1, 0.15) is 28.8 Å². The summed E-state index contributed by atoms with van der Waals surface area (Å²) in [6.45, 7) is 8.22. The predicted molar refractivity (Wildman–Crippen MR) is 147 cm³/mol. The summed E-state index contributed by atoms with van der Waals surface area (Å²) in [6.07, 6.45) is 8.06. The molecule has 204 valence electrons. The van der Waals surface area contributed by atoms with E-state index in [4.69, 9.17) is 21.1 Å². The number of nitrogens with zero attached hydrogens (tertiary/aromatic N) is 4. The van der Waals surface area contributed by atoms with Crippen molar-refractivity contribution >= 4 is 35.0 Å². The van der Waals surface area contributed by atoms with Crippen LogP contribution in [0.15, 0.2) is 36.7 Å². The summed E-state index contributed by atoms with van der Waals surface area (Å²) < 4.78 is 11.4. The molecule has 0 aromatic carbocycles. The number of rotatable bonds is 7. The molecule has 0 aliphatic carbocycles. The first-order valence-electron chi connectivity index (χ1n) is 13.0. The fourth-order valence-corrected chi connectivity index (χ4v) is 4.64. The summed E-state index contributed by atoms with van der Waals surface area (Å²) in [5.74, 6) is 0.668. The van der Waals surface area contributed by atoms with Crippen molar-refractivity contribution in [1.82, 2.24) is 19.8 Å². The number of nitrogens with one attached hydrogen (secondary N) is 1. The van der Waals surface area contributed by atoms with Crippen molar-refractivity contribution in [2.75, 3.05) is 38.6 Å². The van der Waals surface area contributed by atoms with E-state index in [-0.39, 0.29) is 18.4 Å². The van der Waals surface area contributed by atoms with Gasteiger partial charge in [0.2, 0.25) is 5.91 Å². The molecule has 4 heterocycles. The van der Waals surface area contributed by atoms with Crippen LogP contribution in [0.5, 0.6) is 5.75 Å². The lowest BCUT2D eigenvalue weighted by atomic mass is 10.0. The summed E-state index contributed by atoms with van der Waals surface area (Å²) in [6, 6.07) is 5.76. The molecular formula is C28H36ClN5O4. The van der Waals surface area contributed by atoms with Crippen molar-refractivity contribution in [3.8, 4) is 5.75 Å². The van der Waals surface area contributed by atoms with E-state index in [9.17, 15) is 9.59 Å². The Balaban J connectivity index is 1.31.